The first-order valence-corrected chi connectivity index (χ1v) is 10.1. The maximum absolute atomic E-state index is 13.0. The Labute approximate surface area is 179 Å². The molecule has 0 saturated heterocycles. The Hall–Kier alpha value is -4.12. The summed E-state index contributed by atoms with van der Waals surface area (Å²) in [5.41, 5.74) is 6.15. The van der Waals surface area contributed by atoms with Crippen molar-refractivity contribution in [3.63, 3.8) is 0 Å². The van der Waals surface area contributed by atoms with Gasteiger partial charge in [0.05, 0.1) is 18.5 Å². The molecule has 3 aromatic carbocycles. The quantitative estimate of drug-likeness (QED) is 0.448. The van der Waals surface area contributed by atoms with E-state index in [9.17, 15) is 4.79 Å². The number of aromatic amines is 1. The van der Waals surface area contributed by atoms with E-state index in [2.05, 4.69) is 4.98 Å². The molecule has 0 aliphatic carbocycles. The van der Waals surface area contributed by atoms with Crippen LogP contribution in [-0.2, 0) is 6.42 Å². The molecule has 5 nitrogen and oxygen atoms in total. The highest BCUT2D eigenvalue weighted by Gasteiger charge is 2.18. The Morgan fingerprint density at radius 3 is 2.16 bits per heavy atom. The van der Waals surface area contributed by atoms with Gasteiger partial charge in [0.25, 0.3) is 5.56 Å². The Bertz CT molecular complexity index is 1390. The maximum Gasteiger partial charge on any atom is 0.274 e. The third-order valence-corrected chi connectivity index (χ3v) is 5.37. The lowest BCUT2D eigenvalue weighted by Crippen LogP contribution is -2.14. The van der Waals surface area contributed by atoms with Crippen LogP contribution in [0.15, 0.2) is 95.8 Å². The number of fused-ring (bicyclic) bond motifs is 1. The second-order valence-corrected chi connectivity index (χ2v) is 7.36. The van der Waals surface area contributed by atoms with Crippen molar-refractivity contribution in [2.45, 2.75) is 6.42 Å². The molecule has 5 heteroatoms. The highest BCUT2D eigenvalue weighted by molar-refractivity contribution is 5.81. The van der Waals surface area contributed by atoms with Crippen molar-refractivity contribution in [2.75, 3.05) is 7.11 Å². The van der Waals surface area contributed by atoms with Crippen LogP contribution in [0.25, 0.3) is 28.0 Å². The first-order valence-electron chi connectivity index (χ1n) is 10.1. The molecule has 0 saturated carbocycles. The number of benzene rings is 3. The fraction of sp³-hybridized carbons (Fsp3) is 0.0769. The van der Waals surface area contributed by atoms with Gasteiger partial charge in [-0.15, -0.1) is 0 Å². The molecule has 0 spiro atoms. The molecule has 2 heterocycles. The van der Waals surface area contributed by atoms with Gasteiger partial charge < -0.3 is 9.72 Å². The van der Waals surface area contributed by atoms with Crippen LogP contribution >= 0.6 is 0 Å². The van der Waals surface area contributed by atoms with E-state index < -0.39 is 0 Å². The molecule has 0 fully saturated rings. The van der Waals surface area contributed by atoms with Crippen LogP contribution in [0.4, 0.5) is 0 Å². The minimum absolute atomic E-state index is 0.161. The summed E-state index contributed by atoms with van der Waals surface area (Å²) in [6, 6.07) is 29.4. The molecule has 0 aliphatic rings. The molecule has 2 aromatic heterocycles. The van der Waals surface area contributed by atoms with Crippen LogP contribution in [0, 0.1) is 0 Å². The summed E-state index contributed by atoms with van der Waals surface area (Å²) in [6.45, 7) is 0. The fourth-order valence-corrected chi connectivity index (χ4v) is 3.83. The number of nitrogens with one attached hydrogen (secondary N) is 1. The number of methoxy groups -OCH3 is 1. The van der Waals surface area contributed by atoms with Gasteiger partial charge in [-0.2, -0.15) is 9.61 Å². The van der Waals surface area contributed by atoms with Gasteiger partial charge in [0.15, 0.2) is 0 Å². The molecule has 0 amide bonds. The lowest BCUT2D eigenvalue weighted by molar-refractivity contribution is 0.414. The zero-order chi connectivity index (χ0) is 21.2. The standard InChI is InChI=1S/C26H21N3O2/c1-31-21-14-12-18(13-15-21)16-23-25(20-10-6-3-7-11-20)26-27-22(17-24(30)29(26)28-23)19-8-4-2-5-9-19/h2-15,17,27H,16H2,1H3. The van der Waals surface area contributed by atoms with Gasteiger partial charge in [0.1, 0.15) is 11.4 Å². The molecule has 0 aliphatic heterocycles. The molecule has 0 radical (unpaired) electrons. The molecule has 5 rings (SSSR count). The van der Waals surface area contributed by atoms with E-state index in [1.54, 1.807) is 13.2 Å². The van der Waals surface area contributed by atoms with Crippen LogP contribution in [0.3, 0.4) is 0 Å². The van der Waals surface area contributed by atoms with Gasteiger partial charge in [0, 0.05) is 18.1 Å². The highest BCUT2D eigenvalue weighted by Crippen LogP contribution is 2.30. The Balaban J connectivity index is 1.71. The summed E-state index contributed by atoms with van der Waals surface area (Å²) in [6.07, 6.45) is 0.601. The monoisotopic (exact) mass is 407 g/mol. The van der Waals surface area contributed by atoms with Crippen molar-refractivity contribution in [3.8, 4) is 28.1 Å². The summed E-state index contributed by atoms with van der Waals surface area (Å²) < 4.78 is 6.73. The first-order chi connectivity index (χ1) is 15.2. The molecule has 1 N–H and O–H groups in total. The number of nitrogens with zero attached hydrogens (tertiary/aromatic N) is 2. The predicted molar refractivity (Wildman–Crippen MR) is 122 cm³/mol. The Morgan fingerprint density at radius 1 is 0.871 bits per heavy atom. The molecular formula is C26H21N3O2. The number of hydrogen-bond acceptors (Lipinski definition) is 3. The van der Waals surface area contributed by atoms with Crippen molar-refractivity contribution in [1.82, 2.24) is 14.6 Å². The second-order valence-electron chi connectivity index (χ2n) is 7.36. The van der Waals surface area contributed by atoms with Crippen molar-refractivity contribution in [1.29, 1.82) is 0 Å². The zero-order valence-corrected chi connectivity index (χ0v) is 17.1. The largest absolute Gasteiger partial charge is 0.497 e. The Morgan fingerprint density at radius 2 is 1.52 bits per heavy atom. The summed E-state index contributed by atoms with van der Waals surface area (Å²) in [5.74, 6) is 0.810. The van der Waals surface area contributed by atoms with Crippen molar-refractivity contribution in [2.24, 2.45) is 0 Å². The van der Waals surface area contributed by atoms with Gasteiger partial charge in [-0.05, 0) is 28.8 Å². The molecule has 5 aromatic rings. The van der Waals surface area contributed by atoms with Gasteiger partial charge >= 0.3 is 0 Å². The summed E-state index contributed by atoms with van der Waals surface area (Å²) in [4.78, 5) is 16.4. The smallest absolute Gasteiger partial charge is 0.274 e. The third-order valence-electron chi connectivity index (χ3n) is 5.37. The van der Waals surface area contributed by atoms with Crippen LogP contribution in [0.2, 0.25) is 0 Å². The van der Waals surface area contributed by atoms with Crippen LogP contribution in [-0.4, -0.2) is 21.7 Å². The maximum atomic E-state index is 13.0. The fourth-order valence-electron chi connectivity index (χ4n) is 3.83. The molecule has 152 valence electrons. The van der Waals surface area contributed by atoms with E-state index in [1.165, 1.54) is 4.52 Å². The number of ether oxygens (including phenoxy) is 1. The first kappa shape index (κ1) is 18.9. The Kier molecular flexibility index (Phi) is 4.84. The normalized spacial score (nSPS) is 11.0. The van der Waals surface area contributed by atoms with Crippen LogP contribution in [0.5, 0.6) is 5.75 Å². The predicted octanol–water partition coefficient (Wildman–Crippen LogP) is 4.96. The molecule has 0 unspecified atom stereocenters. The van der Waals surface area contributed by atoms with Gasteiger partial charge in [-0.3, -0.25) is 4.79 Å². The minimum Gasteiger partial charge on any atom is -0.497 e. The van der Waals surface area contributed by atoms with Crippen molar-refractivity contribution in [3.05, 3.63) is 113 Å². The average Bonchev–Trinajstić information content (AvgIpc) is 3.19. The molecular weight excluding hydrogens is 386 g/mol. The lowest BCUT2D eigenvalue weighted by Gasteiger charge is -2.06. The molecule has 0 bridgehead atoms. The molecule has 0 atom stereocenters. The molecule has 31 heavy (non-hydrogen) atoms. The summed E-state index contributed by atoms with van der Waals surface area (Å²) >= 11 is 0. The lowest BCUT2D eigenvalue weighted by atomic mass is 10.0. The minimum atomic E-state index is -0.161. The number of rotatable bonds is 5. The second kappa shape index (κ2) is 7.95. The van der Waals surface area contributed by atoms with Crippen LogP contribution < -0.4 is 10.3 Å². The van der Waals surface area contributed by atoms with E-state index in [4.69, 9.17) is 9.84 Å². The summed E-state index contributed by atoms with van der Waals surface area (Å²) in [5, 5.41) is 4.70. The average molecular weight is 407 g/mol. The van der Waals surface area contributed by atoms with E-state index in [-0.39, 0.29) is 5.56 Å². The van der Waals surface area contributed by atoms with Gasteiger partial charge in [0.2, 0.25) is 0 Å². The van der Waals surface area contributed by atoms with Gasteiger partial charge in [-0.1, -0.05) is 72.8 Å². The highest BCUT2D eigenvalue weighted by atomic mass is 16.5. The SMILES string of the molecule is COc1ccc(Cc2nn3c(=O)cc(-c4ccccc4)[nH]c3c2-c2ccccc2)cc1. The van der Waals surface area contributed by atoms with E-state index >= 15 is 0 Å². The third kappa shape index (κ3) is 3.62. The number of hydrogen-bond donors (Lipinski definition) is 1. The van der Waals surface area contributed by atoms with Crippen molar-refractivity contribution >= 4 is 5.65 Å². The van der Waals surface area contributed by atoms with E-state index in [0.717, 1.165) is 39.4 Å². The number of aromatic nitrogens is 3. The van der Waals surface area contributed by atoms with Crippen molar-refractivity contribution < 1.29 is 4.74 Å². The van der Waals surface area contributed by atoms with E-state index in [0.29, 0.717) is 12.1 Å². The topological polar surface area (TPSA) is 59.4 Å². The summed E-state index contributed by atoms with van der Waals surface area (Å²) in [7, 11) is 1.65. The zero-order valence-electron chi connectivity index (χ0n) is 17.1. The van der Waals surface area contributed by atoms with Gasteiger partial charge in [-0.25, -0.2) is 0 Å². The van der Waals surface area contributed by atoms with E-state index in [1.807, 2.05) is 84.9 Å². The van der Waals surface area contributed by atoms with Crippen LogP contribution in [0.1, 0.15) is 11.3 Å². The number of H-pyrrole nitrogens is 1.